The van der Waals surface area contributed by atoms with E-state index >= 15 is 4.39 Å². The summed E-state index contributed by atoms with van der Waals surface area (Å²) in [5.41, 5.74) is 1.04. The van der Waals surface area contributed by atoms with Crippen LogP contribution in [-0.2, 0) is 70.2 Å². The molecule has 0 amide bonds. The van der Waals surface area contributed by atoms with Crippen LogP contribution in [0.4, 0.5) is 4.39 Å². The lowest BCUT2D eigenvalue weighted by atomic mass is 9.88. The number of carbonyl (C=O) groups is 6. The molecule has 0 fully saturated rings. The van der Waals surface area contributed by atoms with E-state index in [0.717, 1.165) is 44.8 Å². The second kappa shape index (κ2) is 25.8. The predicted octanol–water partition coefficient (Wildman–Crippen LogP) is 9.57. The summed E-state index contributed by atoms with van der Waals surface area (Å²) in [5.74, 6) is -4.59. The normalized spacial score (nSPS) is 11.9. The molecule has 0 saturated carbocycles. The maximum atomic E-state index is 15.6. The fourth-order valence-corrected chi connectivity index (χ4v) is 6.43. The van der Waals surface area contributed by atoms with Crippen molar-refractivity contribution >= 4 is 35.8 Å². The van der Waals surface area contributed by atoms with Crippen molar-refractivity contribution in [3.8, 4) is 28.0 Å². The zero-order chi connectivity index (χ0) is 49.0. The summed E-state index contributed by atoms with van der Waals surface area (Å²) in [4.78, 5) is 75.5. The Kier molecular flexibility index (Phi) is 21.0. The van der Waals surface area contributed by atoms with Crippen LogP contribution in [0.5, 0.6) is 5.75 Å². The Morgan fingerprint density at radius 1 is 0.636 bits per heavy atom. The highest BCUT2D eigenvalue weighted by molar-refractivity contribution is 5.93. The average Bonchev–Trinajstić information content (AvgIpc) is 3.29. The molecule has 356 valence electrons. The number of rotatable bonds is 27. The summed E-state index contributed by atoms with van der Waals surface area (Å²) in [6.45, 7) is 16.9. The van der Waals surface area contributed by atoms with E-state index in [0.29, 0.717) is 33.6 Å². The van der Waals surface area contributed by atoms with Gasteiger partial charge in [0.25, 0.3) is 0 Å². The number of unbranched alkanes of at least 4 members (excludes halogenated alkanes) is 4. The third kappa shape index (κ3) is 16.8. The van der Waals surface area contributed by atoms with Crippen molar-refractivity contribution in [2.75, 3.05) is 40.6 Å². The first-order valence-corrected chi connectivity index (χ1v) is 21.7. The molecule has 13 nitrogen and oxygen atoms in total. The molecule has 0 saturated heterocycles. The number of esters is 6. The SMILES string of the molecule is C=C(C)C(=O)OCc1cc(-c2ccc(CCCCCCC)cc2F)ccc1-c1ccc(OCC(COC(=O)C(=C)C)(COC(=O)C(=C)CC(=O)OC)COC(=O)C(C)(C)CC(=O)OC)cc1. The van der Waals surface area contributed by atoms with Gasteiger partial charge in [-0.25, -0.2) is 18.8 Å². The van der Waals surface area contributed by atoms with Crippen LogP contribution >= 0.6 is 0 Å². The van der Waals surface area contributed by atoms with E-state index in [4.69, 9.17) is 28.4 Å². The van der Waals surface area contributed by atoms with Gasteiger partial charge in [-0.15, -0.1) is 0 Å². The molecule has 0 aliphatic rings. The van der Waals surface area contributed by atoms with Gasteiger partial charge in [-0.2, -0.15) is 0 Å². The highest BCUT2D eigenvalue weighted by Crippen LogP contribution is 2.34. The lowest BCUT2D eigenvalue weighted by Crippen LogP contribution is -2.45. The van der Waals surface area contributed by atoms with Crippen LogP contribution < -0.4 is 4.74 Å². The highest BCUT2D eigenvalue weighted by Gasteiger charge is 2.40. The summed E-state index contributed by atoms with van der Waals surface area (Å²) in [7, 11) is 2.34. The molecule has 0 heterocycles. The Hall–Kier alpha value is -6.57. The molecule has 0 aliphatic carbocycles. The van der Waals surface area contributed by atoms with E-state index in [2.05, 4.69) is 31.4 Å². The maximum absolute atomic E-state index is 15.6. The van der Waals surface area contributed by atoms with Gasteiger partial charge in [0.1, 0.15) is 50.0 Å². The Morgan fingerprint density at radius 3 is 1.82 bits per heavy atom. The number of hydrogen-bond donors (Lipinski definition) is 0. The zero-order valence-corrected chi connectivity index (χ0v) is 39.3. The molecule has 0 aliphatic heterocycles. The molecular formula is C52H63FO13. The molecule has 1 atom stereocenters. The maximum Gasteiger partial charge on any atom is 0.334 e. The summed E-state index contributed by atoms with van der Waals surface area (Å²) in [6.07, 6.45) is 5.59. The van der Waals surface area contributed by atoms with Crippen molar-refractivity contribution in [3.63, 3.8) is 0 Å². The zero-order valence-electron chi connectivity index (χ0n) is 39.3. The molecule has 0 spiro atoms. The Morgan fingerprint density at radius 2 is 1.21 bits per heavy atom. The largest absolute Gasteiger partial charge is 0.493 e. The smallest absolute Gasteiger partial charge is 0.334 e. The number of carbonyl (C=O) groups excluding carboxylic acids is 6. The van der Waals surface area contributed by atoms with Crippen LogP contribution in [-0.4, -0.2) is 76.5 Å². The third-order valence-electron chi connectivity index (χ3n) is 10.6. The molecule has 0 radical (unpaired) electrons. The van der Waals surface area contributed by atoms with Gasteiger partial charge in [0.2, 0.25) is 0 Å². The monoisotopic (exact) mass is 914 g/mol. The summed E-state index contributed by atoms with van der Waals surface area (Å²) >= 11 is 0. The molecule has 3 aromatic rings. The van der Waals surface area contributed by atoms with Crippen molar-refractivity contribution < 1.29 is 66.3 Å². The van der Waals surface area contributed by atoms with E-state index < -0.39 is 72.9 Å². The standard InChI is InChI=1S/C52H63FO13/c1-11-12-13-14-15-16-37-17-23-43(44(53)26-37)39-20-24-42(40(27-39)29-62-47(56)34(2)3)38-18-21-41(22-19-38)63-30-52(31-64-48(57)35(4)5,32-65-49(58)36(6)25-45(54)60-9)33-66-50(59)51(7,8)28-46(55)61-10/h17-24,26-27H,2,4,6,11-16,25,28-33H2,1,3,5,7-10H3. The van der Waals surface area contributed by atoms with Crippen LogP contribution in [0.3, 0.4) is 0 Å². The van der Waals surface area contributed by atoms with Crippen molar-refractivity contribution in [1.82, 2.24) is 0 Å². The van der Waals surface area contributed by atoms with Gasteiger partial charge in [-0.1, -0.05) is 88.7 Å². The number of hydrogen-bond acceptors (Lipinski definition) is 13. The minimum atomic E-state index is -1.57. The summed E-state index contributed by atoms with van der Waals surface area (Å²) in [5, 5.41) is 0. The number of benzene rings is 3. The molecule has 0 aromatic heterocycles. The van der Waals surface area contributed by atoms with Crippen LogP contribution in [0.1, 0.15) is 90.7 Å². The number of halogens is 1. The van der Waals surface area contributed by atoms with Gasteiger partial charge in [0.05, 0.1) is 32.5 Å². The molecule has 1 unspecified atom stereocenters. The topological polar surface area (TPSA) is 167 Å². The second-order valence-electron chi connectivity index (χ2n) is 17.0. The lowest BCUT2D eigenvalue weighted by molar-refractivity contribution is -0.170. The van der Waals surface area contributed by atoms with Crippen molar-refractivity contribution in [2.45, 2.75) is 92.6 Å². The van der Waals surface area contributed by atoms with Crippen LogP contribution in [0.25, 0.3) is 22.3 Å². The Balaban J connectivity index is 1.98. The fourth-order valence-electron chi connectivity index (χ4n) is 6.43. The second-order valence-corrected chi connectivity index (χ2v) is 17.0. The van der Waals surface area contributed by atoms with E-state index in [-0.39, 0.29) is 42.2 Å². The van der Waals surface area contributed by atoms with Crippen LogP contribution in [0, 0.1) is 16.6 Å². The van der Waals surface area contributed by atoms with E-state index in [9.17, 15) is 28.8 Å². The van der Waals surface area contributed by atoms with E-state index in [1.807, 2.05) is 12.1 Å². The van der Waals surface area contributed by atoms with Crippen molar-refractivity contribution in [1.29, 1.82) is 0 Å². The molecule has 0 bridgehead atoms. The fraction of sp³-hybridized carbons (Fsp3) is 0.423. The van der Waals surface area contributed by atoms with E-state index in [1.165, 1.54) is 34.3 Å². The summed E-state index contributed by atoms with van der Waals surface area (Å²) < 4.78 is 53.5. The number of ether oxygens (including phenoxy) is 7. The molecule has 3 aromatic carbocycles. The Bertz CT molecular complexity index is 2240. The van der Waals surface area contributed by atoms with Gasteiger partial charge >= 0.3 is 35.8 Å². The molecule has 3 rings (SSSR count). The van der Waals surface area contributed by atoms with Gasteiger partial charge in [0.15, 0.2) is 0 Å². The minimum Gasteiger partial charge on any atom is -0.493 e. The van der Waals surface area contributed by atoms with Crippen molar-refractivity contribution in [2.24, 2.45) is 10.8 Å². The molecular weight excluding hydrogens is 852 g/mol. The first kappa shape index (κ1) is 53.8. The molecule has 14 heteroatoms. The number of aryl methyl sites for hydroxylation is 1. The number of methoxy groups -OCH3 is 2. The van der Waals surface area contributed by atoms with Gasteiger partial charge in [0, 0.05) is 22.3 Å². The average molecular weight is 915 g/mol. The molecule has 0 N–H and O–H groups in total. The van der Waals surface area contributed by atoms with Crippen LogP contribution in [0.2, 0.25) is 0 Å². The highest BCUT2D eigenvalue weighted by atomic mass is 19.1. The van der Waals surface area contributed by atoms with Crippen LogP contribution in [0.15, 0.2) is 97.1 Å². The predicted molar refractivity (Wildman–Crippen MR) is 246 cm³/mol. The van der Waals surface area contributed by atoms with E-state index in [1.54, 1.807) is 55.5 Å². The van der Waals surface area contributed by atoms with Gasteiger partial charge < -0.3 is 33.2 Å². The quantitative estimate of drug-likeness (QED) is 0.0307. The first-order chi connectivity index (χ1) is 31.2. The third-order valence-corrected chi connectivity index (χ3v) is 10.6. The Labute approximate surface area is 387 Å². The molecule has 66 heavy (non-hydrogen) atoms. The lowest BCUT2D eigenvalue weighted by Gasteiger charge is -2.33. The van der Waals surface area contributed by atoms with Gasteiger partial charge in [-0.3, -0.25) is 14.4 Å². The minimum absolute atomic E-state index is 0.0633. The van der Waals surface area contributed by atoms with Gasteiger partial charge in [-0.05, 0) is 92.6 Å². The van der Waals surface area contributed by atoms with Crippen molar-refractivity contribution in [3.05, 3.63) is 114 Å². The summed E-state index contributed by atoms with van der Waals surface area (Å²) in [6, 6.07) is 17.5. The first-order valence-electron chi connectivity index (χ1n) is 21.7.